The van der Waals surface area contributed by atoms with Crippen molar-refractivity contribution in [1.29, 1.82) is 0 Å². The van der Waals surface area contributed by atoms with Crippen molar-refractivity contribution in [2.24, 2.45) is 11.3 Å². The number of hydrogen-bond acceptors (Lipinski definition) is 0. The molecule has 0 bridgehead atoms. The van der Waals surface area contributed by atoms with Crippen molar-refractivity contribution in [2.75, 3.05) is 0 Å². The van der Waals surface area contributed by atoms with Crippen LogP contribution in [-0.2, 0) is 0 Å². The molecule has 0 aromatic rings. The van der Waals surface area contributed by atoms with Crippen LogP contribution in [0.3, 0.4) is 0 Å². The summed E-state index contributed by atoms with van der Waals surface area (Å²) in [7, 11) is 0. The van der Waals surface area contributed by atoms with Crippen molar-refractivity contribution in [1.82, 2.24) is 0 Å². The maximum Gasteiger partial charge on any atom is -0.0326 e. The molecule has 0 unspecified atom stereocenters. The molecule has 0 amide bonds. The van der Waals surface area contributed by atoms with E-state index in [0.717, 1.165) is 5.92 Å². The van der Waals surface area contributed by atoms with Gasteiger partial charge in [0.2, 0.25) is 0 Å². The van der Waals surface area contributed by atoms with Crippen LogP contribution >= 0.6 is 0 Å². The van der Waals surface area contributed by atoms with Gasteiger partial charge in [0, 0.05) is 0 Å². The molecule has 80 valence electrons. The average Bonchev–Trinajstić information content (AvgIpc) is 2.15. The summed E-state index contributed by atoms with van der Waals surface area (Å²) >= 11 is 0. The van der Waals surface area contributed by atoms with E-state index in [9.17, 15) is 0 Å². The van der Waals surface area contributed by atoms with E-state index in [4.69, 9.17) is 0 Å². The van der Waals surface area contributed by atoms with Gasteiger partial charge in [-0.05, 0) is 30.6 Å². The molecule has 0 aromatic heterocycles. The Morgan fingerprint density at radius 3 is 2.00 bits per heavy atom. The summed E-state index contributed by atoms with van der Waals surface area (Å²) in [6, 6.07) is 0. The lowest BCUT2D eigenvalue weighted by Crippen LogP contribution is -2.23. The molecule has 0 spiro atoms. The van der Waals surface area contributed by atoms with Gasteiger partial charge in [-0.25, -0.2) is 0 Å². The third kappa shape index (κ3) is 4.69. The van der Waals surface area contributed by atoms with Gasteiger partial charge in [0.05, 0.1) is 0 Å². The van der Waals surface area contributed by atoms with E-state index >= 15 is 0 Å². The minimum absolute atomic E-state index is 0.710. The van der Waals surface area contributed by atoms with Gasteiger partial charge in [-0.3, -0.25) is 0 Å². The molecular weight excluding hydrogens is 156 g/mol. The molecule has 1 aliphatic carbocycles. The fraction of sp³-hybridized carbons (Fsp3) is 1.00. The van der Waals surface area contributed by atoms with E-state index in [1.54, 1.807) is 0 Å². The molecule has 0 atom stereocenters. The Kier molecular flexibility index (Phi) is 6.45. The van der Waals surface area contributed by atoms with Crippen molar-refractivity contribution in [3.05, 3.63) is 0 Å². The van der Waals surface area contributed by atoms with Crippen LogP contribution in [0.4, 0.5) is 0 Å². The quantitative estimate of drug-likeness (QED) is 0.564. The molecule has 1 fully saturated rings. The van der Waals surface area contributed by atoms with Crippen LogP contribution in [0, 0.1) is 11.3 Å². The molecule has 0 radical (unpaired) electrons. The average molecular weight is 184 g/mol. The second kappa shape index (κ2) is 6.45. The van der Waals surface area contributed by atoms with Crippen molar-refractivity contribution in [3.63, 3.8) is 0 Å². The summed E-state index contributed by atoms with van der Waals surface area (Å²) in [4.78, 5) is 0. The molecule has 13 heavy (non-hydrogen) atoms. The van der Waals surface area contributed by atoms with Gasteiger partial charge in [-0.15, -0.1) is 0 Å². The summed E-state index contributed by atoms with van der Waals surface area (Å²) in [5.41, 5.74) is 0.710. The first-order chi connectivity index (χ1) is 6.16. The third-order valence-corrected chi connectivity index (χ3v) is 3.33. The molecule has 1 aliphatic rings. The summed E-state index contributed by atoms with van der Waals surface area (Å²) < 4.78 is 0. The van der Waals surface area contributed by atoms with Gasteiger partial charge < -0.3 is 0 Å². The molecule has 1 rings (SSSR count). The van der Waals surface area contributed by atoms with E-state index in [1.165, 1.54) is 38.5 Å². The highest BCUT2D eigenvalue weighted by Gasteiger charge is 2.28. The van der Waals surface area contributed by atoms with Gasteiger partial charge >= 0.3 is 0 Å². The van der Waals surface area contributed by atoms with Crippen molar-refractivity contribution < 1.29 is 0 Å². The maximum atomic E-state index is 2.47. The molecule has 0 N–H and O–H groups in total. The van der Waals surface area contributed by atoms with Gasteiger partial charge in [-0.2, -0.15) is 0 Å². The predicted molar refractivity (Wildman–Crippen MR) is 62.0 cm³/mol. The van der Waals surface area contributed by atoms with E-state index in [1.807, 2.05) is 13.8 Å². The van der Waals surface area contributed by atoms with Crippen LogP contribution in [-0.4, -0.2) is 0 Å². The van der Waals surface area contributed by atoms with Crippen molar-refractivity contribution in [2.45, 2.75) is 73.1 Å². The Morgan fingerprint density at radius 2 is 1.62 bits per heavy atom. The topological polar surface area (TPSA) is 0 Å². The molecular formula is C13H28. The van der Waals surface area contributed by atoms with Crippen molar-refractivity contribution >= 4 is 0 Å². The fourth-order valence-corrected chi connectivity index (χ4v) is 2.31. The van der Waals surface area contributed by atoms with Crippen LogP contribution in [0.25, 0.3) is 0 Å². The van der Waals surface area contributed by atoms with Crippen LogP contribution in [0.1, 0.15) is 73.1 Å². The maximum absolute atomic E-state index is 2.47. The highest BCUT2D eigenvalue weighted by atomic mass is 14.3. The Balaban J connectivity index is 0.000000671. The number of hydrogen-bond donors (Lipinski definition) is 0. The summed E-state index contributed by atoms with van der Waals surface area (Å²) in [6.45, 7) is 11.2. The van der Waals surface area contributed by atoms with Gasteiger partial charge in [0.1, 0.15) is 0 Å². The zero-order valence-electron chi connectivity index (χ0n) is 10.3. The van der Waals surface area contributed by atoms with Crippen LogP contribution in [0.2, 0.25) is 0 Å². The third-order valence-electron chi connectivity index (χ3n) is 3.33. The Labute approximate surface area is 85.1 Å². The Bertz CT molecular complexity index is 107. The first-order valence-electron chi connectivity index (χ1n) is 6.16. The molecule has 0 heteroatoms. The van der Waals surface area contributed by atoms with E-state index < -0.39 is 0 Å². The summed E-state index contributed by atoms with van der Waals surface area (Å²) in [6.07, 6.45) is 8.70. The smallest absolute Gasteiger partial charge is 0.0326 e. The molecule has 0 heterocycles. The monoisotopic (exact) mass is 184 g/mol. The van der Waals surface area contributed by atoms with E-state index in [0.29, 0.717) is 5.41 Å². The standard InChI is InChI=1S/C11H22.C2H6/c1-4-7-11(3)8-5-10(2)6-9-11;1-2/h10H,4-9H2,1-3H3;1-2H3. The molecule has 0 aromatic carbocycles. The first kappa shape index (κ1) is 13.0. The Morgan fingerprint density at radius 1 is 1.15 bits per heavy atom. The first-order valence-corrected chi connectivity index (χ1v) is 6.16. The highest BCUT2D eigenvalue weighted by molar-refractivity contribution is 4.80. The second-order valence-electron chi connectivity index (χ2n) is 4.74. The van der Waals surface area contributed by atoms with Gasteiger partial charge in [0.15, 0.2) is 0 Å². The molecule has 0 nitrogen and oxygen atoms in total. The highest BCUT2D eigenvalue weighted by Crippen LogP contribution is 2.41. The van der Waals surface area contributed by atoms with Gasteiger partial charge in [0.25, 0.3) is 0 Å². The van der Waals surface area contributed by atoms with Crippen LogP contribution < -0.4 is 0 Å². The lowest BCUT2D eigenvalue weighted by molar-refractivity contribution is 0.163. The normalized spacial score (nSPS) is 33.5. The zero-order valence-corrected chi connectivity index (χ0v) is 10.3. The van der Waals surface area contributed by atoms with Gasteiger partial charge in [-0.1, -0.05) is 53.9 Å². The summed E-state index contributed by atoms with van der Waals surface area (Å²) in [5.74, 6) is 1.000. The van der Waals surface area contributed by atoms with E-state index in [-0.39, 0.29) is 0 Å². The zero-order chi connectivity index (χ0) is 10.3. The Hall–Kier alpha value is 0. The summed E-state index contributed by atoms with van der Waals surface area (Å²) in [5, 5.41) is 0. The predicted octanol–water partition coefficient (Wildman–Crippen LogP) is 5.03. The fourth-order valence-electron chi connectivity index (χ4n) is 2.31. The van der Waals surface area contributed by atoms with Crippen LogP contribution in [0.5, 0.6) is 0 Å². The largest absolute Gasteiger partial charge is 0.0683 e. The molecule has 1 saturated carbocycles. The lowest BCUT2D eigenvalue weighted by atomic mass is 9.70. The van der Waals surface area contributed by atoms with E-state index in [2.05, 4.69) is 20.8 Å². The molecule has 0 saturated heterocycles. The van der Waals surface area contributed by atoms with Crippen LogP contribution in [0.15, 0.2) is 0 Å². The van der Waals surface area contributed by atoms with Crippen molar-refractivity contribution in [3.8, 4) is 0 Å². The minimum atomic E-state index is 0.710. The minimum Gasteiger partial charge on any atom is -0.0683 e. The SMILES string of the molecule is CC.CCCC1(C)CCC(C)CC1. The number of rotatable bonds is 2. The molecule has 0 aliphatic heterocycles. The lowest BCUT2D eigenvalue weighted by Gasteiger charge is -2.36. The second-order valence-corrected chi connectivity index (χ2v) is 4.74.